The number of amides is 2. The van der Waals surface area contributed by atoms with Crippen molar-refractivity contribution in [2.45, 2.75) is 46.1 Å². The summed E-state index contributed by atoms with van der Waals surface area (Å²) in [5.41, 5.74) is 1.51. The summed E-state index contributed by atoms with van der Waals surface area (Å²) in [6, 6.07) is 7.71. The van der Waals surface area contributed by atoms with Gasteiger partial charge in [-0.1, -0.05) is 13.8 Å². The van der Waals surface area contributed by atoms with Crippen molar-refractivity contribution < 1.29 is 9.59 Å². The first-order chi connectivity index (χ1) is 12.8. The zero-order valence-electron chi connectivity index (χ0n) is 17.1. The highest BCUT2D eigenvalue weighted by atomic mass is 16.2. The van der Waals surface area contributed by atoms with Gasteiger partial charge in [-0.3, -0.25) is 14.5 Å². The number of hydrogen-bond donors (Lipinski definition) is 2. The van der Waals surface area contributed by atoms with Crippen LogP contribution in [-0.4, -0.2) is 60.9 Å². The van der Waals surface area contributed by atoms with Crippen LogP contribution in [0.25, 0.3) is 0 Å². The van der Waals surface area contributed by atoms with E-state index in [4.69, 9.17) is 0 Å². The number of piperazine rings is 1. The molecule has 0 spiro atoms. The molecule has 1 unspecified atom stereocenters. The molecule has 1 saturated heterocycles. The quantitative estimate of drug-likeness (QED) is 0.734. The van der Waals surface area contributed by atoms with E-state index in [1.54, 1.807) is 0 Å². The number of carbonyl (C=O) groups excluding carboxylic acids is 2. The monoisotopic (exact) mass is 374 g/mol. The van der Waals surface area contributed by atoms with Crippen LogP contribution in [0.4, 0.5) is 11.4 Å². The molecule has 6 heteroatoms. The molecule has 1 aliphatic heterocycles. The lowest BCUT2D eigenvalue weighted by Crippen LogP contribution is -2.48. The molecule has 1 aliphatic rings. The summed E-state index contributed by atoms with van der Waals surface area (Å²) in [5.74, 6) is 0.379. The second-order valence-electron chi connectivity index (χ2n) is 8.00. The van der Waals surface area contributed by atoms with Crippen molar-refractivity contribution in [2.24, 2.45) is 5.92 Å². The Hall–Kier alpha value is -1.92. The molecule has 1 aromatic carbocycles. The zero-order chi connectivity index (χ0) is 19.8. The van der Waals surface area contributed by atoms with Gasteiger partial charge in [0.1, 0.15) is 0 Å². The van der Waals surface area contributed by atoms with Gasteiger partial charge in [0.2, 0.25) is 11.8 Å². The van der Waals surface area contributed by atoms with Crippen molar-refractivity contribution in [3.8, 4) is 0 Å². The van der Waals surface area contributed by atoms with E-state index in [2.05, 4.69) is 34.4 Å². The van der Waals surface area contributed by atoms with E-state index in [0.29, 0.717) is 24.8 Å². The molecule has 0 aromatic heterocycles. The summed E-state index contributed by atoms with van der Waals surface area (Å²) in [6.07, 6.45) is 1.88. The lowest BCUT2D eigenvalue weighted by Gasteiger charge is -2.36. The summed E-state index contributed by atoms with van der Waals surface area (Å²) in [7, 11) is 2.15. The normalized spacial score (nSPS) is 16.9. The fourth-order valence-electron chi connectivity index (χ4n) is 3.23. The van der Waals surface area contributed by atoms with E-state index in [9.17, 15) is 9.59 Å². The molecule has 2 rings (SSSR count). The number of carbonyl (C=O) groups is 2. The maximum Gasteiger partial charge on any atom is 0.224 e. The first kappa shape index (κ1) is 21.4. The SMILES string of the molecule is CC(C)CC(=O)Nc1ccc(NC(=O)CCC(C)N2CCN(C)CC2)cc1. The summed E-state index contributed by atoms with van der Waals surface area (Å²) in [6.45, 7) is 10.6. The van der Waals surface area contributed by atoms with Gasteiger partial charge in [-0.25, -0.2) is 0 Å². The van der Waals surface area contributed by atoms with Gasteiger partial charge >= 0.3 is 0 Å². The lowest BCUT2D eigenvalue weighted by atomic mass is 10.1. The Balaban J connectivity index is 1.73. The summed E-state index contributed by atoms with van der Waals surface area (Å²) >= 11 is 0. The first-order valence-electron chi connectivity index (χ1n) is 9.96. The van der Waals surface area contributed by atoms with E-state index in [-0.39, 0.29) is 11.8 Å². The van der Waals surface area contributed by atoms with Crippen LogP contribution >= 0.6 is 0 Å². The molecule has 150 valence electrons. The molecule has 6 nitrogen and oxygen atoms in total. The maximum atomic E-state index is 12.2. The highest BCUT2D eigenvalue weighted by Gasteiger charge is 2.19. The second-order valence-corrected chi connectivity index (χ2v) is 8.00. The number of anilines is 2. The highest BCUT2D eigenvalue weighted by Crippen LogP contribution is 2.16. The third kappa shape index (κ3) is 7.69. The van der Waals surface area contributed by atoms with Gasteiger partial charge in [-0.15, -0.1) is 0 Å². The van der Waals surface area contributed by atoms with Gasteiger partial charge in [0.25, 0.3) is 0 Å². The Labute approximate surface area is 163 Å². The third-order valence-corrected chi connectivity index (χ3v) is 5.00. The Morgan fingerprint density at radius 2 is 1.44 bits per heavy atom. The van der Waals surface area contributed by atoms with Crippen molar-refractivity contribution >= 4 is 23.2 Å². The minimum atomic E-state index is 0.0136. The molecular weight excluding hydrogens is 340 g/mol. The van der Waals surface area contributed by atoms with Crippen LogP contribution < -0.4 is 10.6 Å². The molecule has 0 bridgehead atoms. The van der Waals surface area contributed by atoms with Gasteiger partial charge in [0, 0.05) is 56.4 Å². The topological polar surface area (TPSA) is 64.7 Å². The summed E-state index contributed by atoms with van der Waals surface area (Å²) in [4.78, 5) is 28.8. The predicted octanol–water partition coefficient (Wildman–Crippen LogP) is 3.03. The molecule has 1 atom stereocenters. The lowest BCUT2D eigenvalue weighted by molar-refractivity contribution is -0.117. The molecular formula is C21H34N4O2. The smallest absolute Gasteiger partial charge is 0.224 e. The van der Waals surface area contributed by atoms with Crippen molar-refractivity contribution in [1.29, 1.82) is 0 Å². The Morgan fingerprint density at radius 3 is 1.96 bits per heavy atom. The zero-order valence-corrected chi connectivity index (χ0v) is 17.1. The minimum Gasteiger partial charge on any atom is -0.326 e. The van der Waals surface area contributed by atoms with E-state index < -0.39 is 0 Å². The van der Waals surface area contributed by atoms with Gasteiger partial charge < -0.3 is 15.5 Å². The largest absolute Gasteiger partial charge is 0.326 e. The van der Waals surface area contributed by atoms with Crippen molar-refractivity contribution in [1.82, 2.24) is 9.80 Å². The average Bonchev–Trinajstić information content (AvgIpc) is 2.61. The molecule has 1 heterocycles. The molecule has 0 aliphatic carbocycles. The average molecular weight is 375 g/mol. The highest BCUT2D eigenvalue weighted by molar-refractivity contribution is 5.93. The standard InChI is InChI=1S/C21H34N4O2/c1-16(2)15-21(27)23-19-8-6-18(7-9-19)22-20(26)10-5-17(3)25-13-11-24(4)12-14-25/h6-9,16-17H,5,10-15H2,1-4H3,(H,22,26)(H,23,27). The van der Waals surface area contributed by atoms with Crippen LogP contribution in [0.2, 0.25) is 0 Å². The van der Waals surface area contributed by atoms with Crippen LogP contribution in [0, 0.1) is 5.92 Å². The Kier molecular flexibility index (Phi) is 8.25. The van der Waals surface area contributed by atoms with Gasteiger partial charge in [0.05, 0.1) is 0 Å². The van der Waals surface area contributed by atoms with E-state index >= 15 is 0 Å². The van der Waals surface area contributed by atoms with Crippen LogP contribution in [0.5, 0.6) is 0 Å². The Bertz CT molecular complexity index is 607. The van der Waals surface area contributed by atoms with Crippen LogP contribution in [0.15, 0.2) is 24.3 Å². The van der Waals surface area contributed by atoms with Gasteiger partial charge in [0.15, 0.2) is 0 Å². The fourth-order valence-corrected chi connectivity index (χ4v) is 3.23. The maximum absolute atomic E-state index is 12.2. The molecule has 27 heavy (non-hydrogen) atoms. The van der Waals surface area contributed by atoms with Crippen molar-refractivity contribution in [3.05, 3.63) is 24.3 Å². The number of likely N-dealkylation sites (N-methyl/N-ethyl adjacent to an activating group) is 1. The van der Waals surface area contributed by atoms with Gasteiger partial charge in [-0.2, -0.15) is 0 Å². The van der Waals surface area contributed by atoms with E-state index in [0.717, 1.165) is 44.0 Å². The Morgan fingerprint density at radius 1 is 0.926 bits per heavy atom. The fraction of sp³-hybridized carbons (Fsp3) is 0.619. The minimum absolute atomic E-state index is 0.0136. The van der Waals surface area contributed by atoms with Crippen LogP contribution in [0.1, 0.15) is 40.0 Å². The van der Waals surface area contributed by atoms with Crippen LogP contribution in [-0.2, 0) is 9.59 Å². The molecule has 2 amide bonds. The van der Waals surface area contributed by atoms with Crippen LogP contribution in [0.3, 0.4) is 0 Å². The molecule has 1 fully saturated rings. The van der Waals surface area contributed by atoms with E-state index in [1.165, 1.54) is 0 Å². The predicted molar refractivity (Wildman–Crippen MR) is 111 cm³/mol. The number of nitrogens with one attached hydrogen (secondary N) is 2. The number of benzene rings is 1. The number of rotatable bonds is 8. The van der Waals surface area contributed by atoms with E-state index in [1.807, 2.05) is 38.1 Å². The molecule has 0 radical (unpaired) electrons. The van der Waals surface area contributed by atoms with Gasteiger partial charge in [-0.05, 0) is 50.6 Å². The first-order valence-corrected chi connectivity index (χ1v) is 9.96. The summed E-state index contributed by atoms with van der Waals surface area (Å²) in [5, 5.41) is 5.81. The molecule has 1 aromatic rings. The third-order valence-electron chi connectivity index (χ3n) is 5.00. The molecule has 0 saturated carbocycles. The van der Waals surface area contributed by atoms with Crippen molar-refractivity contribution in [2.75, 3.05) is 43.9 Å². The number of hydrogen-bond acceptors (Lipinski definition) is 4. The number of nitrogens with zero attached hydrogens (tertiary/aromatic N) is 2. The van der Waals surface area contributed by atoms with Crippen molar-refractivity contribution in [3.63, 3.8) is 0 Å². The second kappa shape index (κ2) is 10.4. The summed E-state index contributed by atoms with van der Waals surface area (Å²) < 4.78 is 0. The molecule has 2 N–H and O–H groups in total.